The first-order valence-corrected chi connectivity index (χ1v) is 11.8. The highest BCUT2D eigenvalue weighted by Crippen LogP contribution is 2.61. The maximum Gasteiger partial charge on any atom is 0.243 e. The zero-order valence-electron chi connectivity index (χ0n) is 15.6. The van der Waals surface area contributed by atoms with E-state index < -0.39 is 10.0 Å². The van der Waals surface area contributed by atoms with Crippen molar-refractivity contribution < 1.29 is 8.42 Å². The first kappa shape index (κ1) is 19.6. The van der Waals surface area contributed by atoms with Crippen molar-refractivity contribution in [3.8, 4) is 0 Å². The summed E-state index contributed by atoms with van der Waals surface area (Å²) in [7, 11) is -3.63. The van der Waals surface area contributed by atoms with Gasteiger partial charge in [-0.25, -0.2) is 13.1 Å². The Morgan fingerprint density at radius 1 is 1.11 bits per heavy atom. The molecule has 0 spiro atoms. The van der Waals surface area contributed by atoms with Crippen molar-refractivity contribution >= 4 is 45.2 Å². The number of fused-ring (bicyclic) bond motifs is 1. The molecule has 6 rings (SSSR count). The SMILES string of the molecule is Cc1ccc2nsnc2c1S(=O)(=O)NC(C)C12CC3CC(CC(C3)C1)C2.Cl. The molecule has 0 saturated heterocycles. The Morgan fingerprint density at radius 3 is 2.30 bits per heavy atom. The van der Waals surface area contributed by atoms with E-state index in [0.717, 1.165) is 35.0 Å². The van der Waals surface area contributed by atoms with Crippen LogP contribution >= 0.6 is 24.1 Å². The van der Waals surface area contributed by atoms with Gasteiger partial charge in [0.15, 0.2) is 0 Å². The van der Waals surface area contributed by atoms with Crippen LogP contribution in [0.25, 0.3) is 11.0 Å². The lowest BCUT2D eigenvalue weighted by molar-refractivity contribution is -0.0666. The molecule has 1 atom stereocenters. The standard InChI is InChI=1S/C19H25N3O2S2.ClH/c1-11-3-4-16-17(21-25-20-16)18(11)26(23,24)22-12(2)19-8-13-5-14(9-19)7-15(6-13)10-19;/h3-4,12-15,22H,5-10H2,1-2H3;1H. The minimum atomic E-state index is -3.63. The van der Waals surface area contributed by atoms with E-state index in [1.165, 1.54) is 38.5 Å². The Labute approximate surface area is 171 Å². The Bertz CT molecular complexity index is 937. The molecule has 4 bridgehead atoms. The van der Waals surface area contributed by atoms with E-state index in [1.807, 2.05) is 19.1 Å². The van der Waals surface area contributed by atoms with E-state index >= 15 is 0 Å². The maximum atomic E-state index is 13.3. The molecule has 4 aliphatic carbocycles. The summed E-state index contributed by atoms with van der Waals surface area (Å²) in [6.45, 7) is 3.92. The van der Waals surface area contributed by atoms with Gasteiger partial charge in [0.05, 0.1) is 11.7 Å². The smallest absolute Gasteiger partial charge is 0.208 e. The summed E-state index contributed by atoms with van der Waals surface area (Å²) in [4.78, 5) is 0.306. The molecule has 1 N–H and O–H groups in total. The van der Waals surface area contributed by atoms with Crippen molar-refractivity contribution in [2.45, 2.75) is 63.3 Å². The third kappa shape index (κ3) is 3.11. The van der Waals surface area contributed by atoms with Crippen molar-refractivity contribution in [3.63, 3.8) is 0 Å². The maximum absolute atomic E-state index is 13.3. The van der Waals surface area contributed by atoms with Crippen LogP contribution in [0.5, 0.6) is 0 Å². The fourth-order valence-electron chi connectivity index (χ4n) is 6.39. The minimum Gasteiger partial charge on any atom is -0.208 e. The fourth-order valence-corrected chi connectivity index (χ4v) is 8.72. The quantitative estimate of drug-likeness (QED) is 0.789. The Morgan fingerprint density at radius 2 is 1.70 bits per heavy atom. The van der Waals surface area contributed by atoms with Gasteiger partial charge >= 0.3 is 0 Å². The third-order valence-corrected chi connectivity index (χ3v) is 9.44. The topological polar surface area (TPSA) is 72.0 Å². The molecule has 5 nitrogen and oxygen atoms in total. The number of hydrogen-bond acceptors (Lipinski definition) is 5. The molecule has 8 heteroatoms. The van der Waals surface area contributed by atoms with E-state index in [1.54, 1.807) is 0 Å². The van der Waals surface area contributed by atoms with Crippen LogP contribution in [0.1, 0.15) is 51.0 Å². The Hall–Kier alpha value is -0.760. The second kappa shape index (κ2) is 6.65. The molecule has 148 valence electrons. The monoisotopic (exact) mass is 427 g/mol. The Balaban J connectivity index is 0.00000180. The molecule has 4 fully saturated rings. The number of halogens is 1. The summed E-state index contributed by atoms with van der Waals surface area (Å²) in [5.74, 6) is 2.42. The van der Waals surface area contributed by atoms with Crippen molar-refractivity contribution in [2.24, 2.45) is 23.2 Å². The van der Waals surface area contributed by atoms with Crippen LogP contribution in [0.4, 0.5) is 0 Å². The van der Waals surface area contributed by atoms with Gasteiger partial charge in [-0.2, -0.15) is 8.75 Å². The molecule has 1 aromatic heterocycles. The van der Waals surface area contributed by atoms with Crippen LogP contribution in [-0.4, -0.2) is 23.2 Å². The average molecular weight is 428 g/mol. The lowest BCUT2D eigenvalue weighted by Gasteiger charge is -2.59. The highest BCUT2D eigenvalue weighted by atomic mass is 35.5. The second-order valence-electron chi connectivity index (χ2n) is 8.97. The highest BCUT2D eigenvalue weighted by molar-refractivity contribution is 7.89. The number of nitrogens with one attached hydrogen (secondary N) is 1. The van der Waals surface area contributed by atoms with E-state index in [9.17, 15) is 8.42 Å². The van der Waals surface area contributed by atoms with Crippen LogP contribution in [0.3, 0.4) is 0 Å². The number of aryl methyl sites for hydroxylation is 1. The van der Waals surface area contributed by atoms with E-state index in [0.29, 0.717) is 15.9 Å². The molecule has 1 aromatic carbocycles. The molecule has 0 amide bonds. The van der Waals surface area contributed by atoms with Crippen molar-refractivity contribution in [1.29, 1.82) is 0 Å². The summed E-state index contributed by atoms with van der Waals surface area (Å²) in [5.41, 5.74) is 2.03. The zero-order chi connectivity index (χ0) is 18.1. The number of sulfonamides is 1. The van der Waals surface area contributed by atoms with Crippen molar-refractivity contribution in [3.05, 3.63) is 17.7 Å². The number of rotatable bonds is 4. The van der Waals surface area contributed by atoms with Crippen LogP contribution in [-0.2, 0) is 10.0 Å². The molecule has 0 aliphatic heterocycles. The van der Waals surface area contributed by atoms with Gasteiger partial charge in [0.25, 0.3) is 0 Å². The van der Waals surface area contributed by atoms with Gasteiger partial charge in [-0.15, -0.1) is 12.4 Å². The largest absolute Gasteiger partial charge is 0.243 e. The molecule has 27 heavy (non-hydrogen) atoms. The predicted molar refractivity (Wildman–Crippen MR) is 110 cm³/mol. The van der Waals surface area contributed by atoms with Gasteiger partial charge in [-0.05, 0) is 87.2 Å². The van der Waals surface area contributed by atoms with Crippen LogP contribution in [0.2, 0.25) is 0 Å². The summed E-state index contributed by atoms with van der Waals surface area (Å²) >= 11 is 1.07. The number of aromatic nitrogens is 2. The lowest BCUT2D eigenvalue weighted by atomic mass is 9.48. The summed E-state index contributed by atoms with van der Waals surface area (Å²) in [6, 6.07) is 3.63. The molecular formula is C19H26ClN3O2S2. The molecule has 4 aliphatic rings. The van der Waals surface area contributed by atoms with E-state index in [4.69, 9.17) is 0 Å². The molecule has 0 radical (unpaired) electrons. The summed E-state index contributed by atoms with van der Waals surface area (Å²) in [5, 5.41) is 0. The normalized spacial score (nSPS) is 33.2. The number of benzene rings is 1. The van der Waals surface area contributed by atoms with Gasteiger partial charge in [0.1, 0.15) is 15.9 Å². The Kier molecular flexibility index (Phi) is 4.81. The van der Waals surface area contributed by atoms with Crippen LogP contribution in [0.15, 0.2) is 17.0 Å². The summed E-state index contributed by atoms with van der Waals surface area (Å²) in [6.07, 6.45) is 7.64. The average Bonchev–Trinajstić information content (AvgIpc) is 3.00. The number of nitrogens with zero attached hydrogens (tertiary/aromatic N) is 2. The van der Waals surface area contributed by atoms with E-state index in [2.05, 4.69) is 20.4 Å². The third-order valence-electron chi connectivity index (χ3n) is 7.18. The second-order valence-corrected chi connectivity index (χ2v) is 11.1. The molecule has 1 heterocycles. The van der Waals surface area contributed by atoms with Gasteiger partial charge in [0, 0.05) is 6.04 Å². The van der Waals surface area contributed by atoms with Crippen LogP contribution < -0.4 is 4.72 Å². The minimum absolute atomic E-state index is 0. The number of hydrogen-bond donors (Lipinski definition) is 1. The fraction of sp³-hybridized carbons (Fsp3) is 0.684. The van der Waals surface area contributed by atoms with Gasteiger partial charge < -0.3 is 0 Å². The van der Waals surface area contributed by atoms with Gasteiger partial charge in [-0.1, -0.05) is 6.07 Å². The van der Waals surface area contributed by atoms with Gasteiger partial charge in [0.2, 0.25) is 10.0 Å². The highest BCUT2D eigenvalue weighted by Gasteiger charge is 2.53. The first-order valence-electron chi connectivity index (χ1n) is 9.60. The predicted octanol–water partition coefficient (Wildman–Crippen LogP) is 4.30. The summed E-state index contributed by atoms with van der Waals surface area (Å²) < 4.78 is 38.1. The first-order chi connectivity index (χ1) is 12.4. The molecule has 1 unspecified atom stereocenters. The van der Waals surface area contributed by atoms with Gasteiger partial charge in [-0.3, -0.25) is 0 Å². The molecular weight excluding hydrogens is 402 g/mol. The lowest BCUT2D eigenvalue weighted by Crippen LogP contribution is -2.55. The van der Waals surface area contributed by atoms with Crippen LogP contribution in [0, 0.1) is 30.1 Å². The van der Waals surface area contributed by atoms with E-state index in [-0.39, 0.29) is 23.9 Å². The van der Waals surface area contributed by atoms with Crippen molar-refractivity contribution in [1.82, 2.24) is 13.5 Å². The zero-order valence-corrected chi connectivity index (χ0v) is 18.1. The van der Waals surface area contributed by atoms with Crippen molar-refractivity contribution in [2.75, 3.05) is 0 Å². The molecule has 2 aromatic rings. The molecule has 4 saturated carbocycles.